The second-order valence-corrected chi connectivity index (χ2v) is 4.13. The fraction of sp³-hybridized carbons (Fsp3) is 0.818. The summed E-state index contributed by atoms with van der Waals surface area (Å²) in [6.07, 6.45) is 0. The second kappa shape index (κ2) is 6.98. The zero-order chi connectivity index (χ0) is 11.1. The predicted octanol–water partition coefficient (Wildman–Crippen LogP) is 0.773. The van der Waals surface area contributed by atoms with Crippen molar-refractivity contribution in [2.45, 2.75) is 19.9 Å². The van der Waals surface area contributed by atoms with Gasteiger partial charge in [0, 0.05) is 25.7 Å². The van der Waals surface area contributed by atoms with Gasteiger partial charge in [-0.1, -0.05) is 13.5 Å². The molecule has 14 heavy (non-hydrogen) atoms. The zero-order valence-corrected chi connectivity index (χ0v) is 10.1. The van der Waals surface area contributed by atoms with Crippen molar-refractivity contribution in [3.05, 3.63) is 12.2 Å². The van der Waals surface area contributed by atoms with Crippen molar-refractivity contribution >= 4 is 0 Å². The van der Waals surface area contributed by atoms with E-state index < -0.39 is 0 Å². The Morgan fingerprint density at radius 2 is 2.00 bits per heavy atom. The number of hydrogen-bond acceptors (Lipinski definition) is 3. The van der Waals surface area contributed by atoms with Crippen molar-refractivity contribution in [1.82, 2.24) is 9.80 Å². The van der Waals surface area contributed by atoms with E-state index in [0.717, 1.165) is 25.2 Å². The minimum atomic E-state index is 0.554. The van der Waals surface area contributed by atoms with E-state index in [1.165, 1.54) is 0 Å². The summed E-state index contributed by atoms with van der Waals surface area (Å²) in [6, 6.07) is 0.554. The van der Waals surface area contributed by atoms with Gasteiger partial charge in [-0.05, 0) is 33.1 Å². The molecular formula is C11H25N3. The lowest BCUT2D eigenvalue weighted by atomic mass is 10.2. The van der Waals surface area contributed by atoms with Gasteiger partial charge in [0.1, 0.15) is 0 Å². The Kier molecular flexibility index (Phi) is 6.79. The molecule has 1 atom stereocenters. The van der Waals surface area contributed by atoms with Crippen LogP contribution >= 0.6 is 0 Å². The lowest BCUT2D eigenvalue weighted by molar-refractivity contribution is 0.194. The molecule has 0 radical (unpaired) electrons. The summed E-state index contributed by atoms with van der Waals surface area (Å²) in [5, 5.41) is 0. The molecular weight excluding hydrogens is 174 g/mol. The van der Waals surface area contributed by atoms with Gasteiger partial charge in [-0.25, -0.2) is 0 Å². The summed E-state index contributed by atoms with van der Waals surface area (Å²) in [7, 11) is 4.20. The largest absolute Gasteiger partial charge is 0.327 e. The monoisotopic (exact) mass is 199 g/mol. The fourth-order valence-electron chi connectivity index (χ4n) is 1.57. The lowest BCUT2D eigenvalue weighted by Crippen LogP contribution is -2.41. The minimum absolute atomic E-state index is 0.554. The highest BCUT2D eigenvalue weighted by Gasteiger charge is 2.12. The molecule has 3 heteroatoms. The molecule has 0 fully saturated rings. The van der Waals surface area contributed by atoms with Gasteiger partial charge < -0.3 is 10.6 Å². The molecule has 0 aliphatic carbocycles. The summed E-state index contributed by atoms with van der Waals surface area (Å²) in [4.78, 5) is 4.60. The Hall–Kier alpha value is -0.380. The molecule has 0 heterocycles. The number of likely N-dealkylation sites (N-methyl/N-ethyl adjacent to an activating group) is 2. The first-order valence-corrected chi connectivity index (χ1v) is 5.26. The van der Waals surface area contributed by atoms with Crippen LogP contribution in [0.1, 0.15) is 13.8 Å². The standard InChI is InChI=1S/C11H25N3/c1-6-14(8-10(2)7-12)11(3)9-13(4)5/h11H,2,6-9,12H2,1,3-5H3. The maximum Gasteiger partial charge on any atom is 0.0206 e. The highest BCUT2D eigenvalue weighted by atomic mass is 15.2. The normalized spacial score (nSPS) is 13.6. The van der Waals surface area contributed by atoms with Crippen LogP contribution in [0.4, 0.5) is 0 Å². The number of nitrogens with zero attached hydrogens (tertiary/aromatic N) is 2. The smallest absolute Gasteiger partial charge is 0.0206 e. The van der Waals surface area contributed by atoms with Crippen LogP contribution in [0.2, 0.25) is 0 Å². The summed E-state index contributed by atoms with van der Waals surface area (Å²) < 4.78 is 0. The van der Waals surface area contributed by atoms with Crippen LogP contribution in [0.3, 0.4) is 0 Å². The van der Waals surface area contributed by atoms with E-state index in [1.807, 2.05) is 0 Å². The van der Waals surface area contributed by atoms with Gasteiger partial charge >= 0.3 is 0 Å². The number of nitrogens with two attached hydrogens (primary N) is 1. The molecule has 0 saturated heterocycles. The molecule has 0 aromatic carbocycles. The van der Waals surface area contributed by atoms with E-state index in [1.54, 1.807) is 0 Å². The Balaban J connectivity index is 4.04. The maximum absolute atomic E-state index is 5.54. The average Bonchev–Trinajstić information content (AvgIpc) is 2.12. The molecule has 2 N–H and O–H groups in total. The maximum atomic E-state index is 5.54. The topological polar surface area (TPSA) is 32.5 Å². The lowest BCUT2D eigenvalue weighted by Gasteiger charge is -2.30. The molecule has 3 nitrogen and oxygen atoms in total. The van der Waals surface area contributed by atoms with Crippen molar-refractivity contribution in [3.8, 4) is 0 Å². The highest BCUT2D eigenvalue weighted by molar-refractivity contribution is 4.99. The Morgan fingerprint density at radius 3 is 2.36 bits per heavy atom. The van der Waals surface area contributed by atoms with Gasteiger partial charge in [0.05, 0.1) is 0 Å². The summed E-state index contributed by atoms with van der Waals surface area (Å²) in [6.45, 7) is 12.0. The molecule has 0 aliphatic heterocycles. The SMILES string of the molecule is C=C(CN)CN(CC)C(C)CN(C)C. The third-order valence-electron chi connectivity index (χ3n) is 2.37. The van der Waals surface area contributed by atoms with Gasteiger partial charge in [-0.2, -0.15) is 0 Å². The molecule has 0 spiro atoms. The molecule has 0 bridgehead atoms. The van der Waals surface area contributed by atoms with E-state index in [0.29, 0.717) is 12.6 Å². The van der Waals surface area contributed by atoms with Gasteiger partial charge in [0.25, 0.3) is 0 Å². The number of hydrogen-bond donors (Lipinski definition) is 1. The van der Waals surface area contributed by atoms with Crippen molar-refractivity contribution in [2.75, 3.05) is 40.3 Å². The quantitative estimate of drug-likeness (QED) is 0.615. The van der Waals surface area contributed by atoms with E-state index in [-0.39, 0.29) is 0 Å². The number of rotatable bonds is 7. The minimum Gasteiger partial charge on any atom is -0.327 e. The van der Waals surface area contributed by atoms with Crippen molar-refractivity contribution in [2.24, 2.45) is 5.73 Å². The average molecular weight is 199 g/mol. The third kappa shape index (κ3) is 5.37. The molecule has 0 aliphatic rings. The van der Waals surface area contributed by atoms with Crippen LogP contribution < -0.4 is 5.73 Å². The van der Waals surface area contributed by atoms with Crippen LogP contribution in [0, 0.1) is 0 Å². The first-order chi connectivity index (χ1) is 6.51. The van der Waals surface area contributed by atoms with E-state index in [9.17, 15) is 0 Å². The van der Waals surface area contributed by atoms with Gasteiger partial charge in [0.15, 0.2) is 0 Å². The van der Waals surface area contributed by atoms with Crippen LogP contribution in [0.25, 0.3) is 0 Å². The van der Waals surface area contributed by atoms with Crippen molar-refractivity contribution in [3.63, 3.8) is 0 Å². The molecule has 84 valence electrons. The van der Waals surface area contributed by atoms with Gasteiger partial charge in [-0.3, -0.25) is 4.90 Å². The molecule has 0 amide bonds. The Labute approximate surface area is 88.6 Å². The van der Waals surface area contributed by atoms with E-state index in [2.05, 4.69) is 44.3 Å². The van der Waals surface area contributed by atoms with E-state index >= 15 is 0 Å². The van der Waals surface area contributed by atoms with Gasteiger partial charge in [-0.15, -0.1) is 0 Å². The molecule has 1 unspecified atom stereocenters. The molecule has 0 rings (SSSR count). The first kappa shape index (κ1) is 13.6. The highest BCUT2D eigenvalue weighted by Crippen LogP contribution is 2.03. The first-order valence-electron chi connectivity index (χ1n) is 5.26. The van der Waals surface area contributed by atoms with Crippen LogP contribution in [0.15, 0.2) is 12.2 Å². The molecule has 0 aromatic heterocycles. The van der Waals surface area contributed by atoms with Crippen molar-refractivity contribution in [1.29, 1.82) is 0 Å². The third-order valence-corrected chi connectivity index (χ3v) is 2.37. The second-order valence-electron chi connectivity index (χ2n) is 4.13. The summed E-state index contributed by atoms with van der Waals surface area (Å²) in [5.41, 5.74) is 6.65. The van der Waals surface area contributed by atoms with Gasteiger partial charge in [0.2, 0.25) is 0 Å². The Bertz CT molecular complexity index is 166. The molecule has 0 saturated carbocycles. The summed E-state index contributed by atoms with van der Waals surface area (Å²) >= 11 is 0. The predicted molar refractivity (Wildman–Crippen MR) is 63.5 cm³/mol. The Morgan fingerprint density at radius 1 is 1.43 bits per heavy atom. The fourth-order valence-corrected chi connectivity index (χ4v) is 1.57. The summed E-state index contributed by atoms with van der Waals surface area (Å²) in [5.74, 6) is 0. The van der Waals surface area contributed by atoms with Crippen LogP contribution in [-0.2, 0) is 0 Å². The van der Waals surface area contributed by atoms with Crippen LogP contribution in [-0.4, -0.2) is 56.1 Å². The van der Waals surface area contributed by atoms with Crippen molar-refractivity contribution < 1.29 is 0 Å². The van der Waals surface area contributed by atoms with Crippen LogP contribution in [0.5, 0.6) is 0 Å². The van der Waals surface area contributed by atoms with E-state index in [4.69, 9.17) is 5.73 Å². The zero-order valence-electron chi connectivity index (χ0n) is 10.1. The molecule has 0 aromatic rings.